The molecule has 0 spiro atoms. The minimum absolute atomic E-state index is 0.172. The Morgan fingerprint density at radius 2 is 1.95 bits per heavy atom. The highest BCUT2D eigenvalue weighted by Crippen LogP contribution is 2.29. The lowest BCUT2D eigenvalue weighted by atomic mass is 9.94. The predicted octanol–water partition coefficient (Wildman–Crippen LogP) is 2.70. The van der Waals surface area contributed by atoms with Gasteiger partial charge in [0.1, 0.15) is 0 Å². The maximum absolute atomic E-state index is 5.76. The molecule has 19 heavy (non-hydrogen) atoms. The maximum Gasteiger partial charge on any atom is 0.0368 e. The summed E-state index contributed by atoms with van der Waals surface area (Å²) >= 11 is 3.49. The molecule has 1 heterocycles. The minimum Gasteiger partial charge on any atom is -0.368 e. The van der Waals surface area contributed by atoms with Crippen molar-refractivity contribution in [2.75, 3.05) is 31.6 Å². The number of halogens is 1. The number of rotatable bonds is 3. The number of benzene rings is 1. The molecule has 4 heteroatoms. The Morgan fingerprint density at radius 1 is 1.32 bits per heavy atom. The number of nitrogens with two attached hydrogens (primary N) is 1. The Labute approximate surface area is 124 Å². The van der Waals surface area contributed by atoms with Gasteiger partial charge in [-0.15, -0.1) is 0 Å². The first-order valence-corrected chi connectivity index (χ1v) is 7.67. The summed E-state index contributed by atoms with van der Waals surface area (Å²) in [4.78, 5) is 4.96. The summed E-state index contributed by atoms with van der Waals surface area (Å²) in [5, 5.41) is 0. The molecule has 1 unspecified atom stereocenters. The van der Waals surface area contributed by atoms with Crippen molar-refractivity contribution < 1.29 is 0 Å². The van der Waals surface area contributed by atoms with Crippen molar-refractivity contribution in [1.29, 1.82) is 0 Å². The van der Waals surface area contributed by atoms with Gasteiger partial charge in [-0.05, 0) is 58.1 Å². The summed E-state index contributed by atoms with van der Waals surface area (Å²) in [5.74, 6) is 0. The lowest BCUT2D eigenvalue weighted by Gasteiger charge is -2.51. The third kappa shape index (κ3) is 3.30. The van der Waals surface area contributed by atoms with E-state index >= 15 is 0 Å². The zero-order chi connectivity index (χ0) is 14.0. The first kappa shape index (κ1) is 14.8. The predicted molar refractivity (Wildman–Crippen MR) is 85.7 cm³/mol. The number of hydrogen-bond donors (Lipinski definition) is 1. The van der Waals surface area contributed by atoms with Crippen molar-refractivity contribution in [3.05, 3.63) is 28.7 Å². The summed E-state index contributed by atoms with van der Waals surface area (Å²) < 4.78 is 1.13. The van der Waals surface area contributed by atoms with E-state index in [1.54, 1.807) is 0 Å². The van der Waals surface area contributed by atoms with Gasteiger partial charge in [-0.2, -0.15) is 0 Å². The molecule has 1 aromatic carbocycles. The fraction of sp³-hybridized carbons (Fsp3) is 0.600. The van der Waals surface area contributed by atoms with Gasteiger partial charge in [0.2, 0.25) is 0 Å². The molecule has 0 amide bonds. The molecule has 1 saturated heterocycles. The second-order valence-electron chi connectivity index (χ2n) is 6.01. The van der Waals surface area contributed by atoms with Crippen molar-refractivity contribution in [1.82, 2.24) is 4.90 Å². The number of nitrogens with zero attached hydrogens (tertiary/aromatic N) is 2. The second kappa shape index (κ2) is 5.81. The molecule has 1 aliphatic heterocycles. The van der Waals surface area contributed by atoms with Gasteiger partial charge in [-0.3, -0.25) is 4.90 Å². The summed E-state index contributed by atoms with van der Waals surface area (Å²) in [5.41, 5.74) is 7.23. The van der Waals surface area contributed by atoms with Gasteiger partial charge >= 0.3 is 0 Å². The van der Waals surface area contributed by atoms with Crippen LogP contribution in [-0.4, -0.2) is 43.2 Å². The third-order valence-electron chi connectivity index (χ3n) is 4.20. The molecule has 1 fully saturated rings. The normalized spacial score (nSPS) is 23.6. The summed E-state index contributed by atoms with van der Waals surface area (Å²) in [7, 11) is 2.22. The van der Waals surface area contributed by atoms with Gasteiger partial charge in [-0.25, -0.2) is 0 Å². The van der Waals surface area contributed by atoms with Crippen LogP contribution in [0.3, 0.4) is 0 Å². The Kier molecular flexibility index (Phi) is 4.54. The van der Waals surface area contributed by atoms with Crippen molar-refractivity contribution in [3.8, 4) is 0 Å². The summed E-state index contributed by atoms with van der Waals surface area (Å²) in [6.45, 7) is 7.47. The largest absolute Gasteiger partial charge is 0.368 e. The van der Waals surface area contributed by atoms with Crippen LogP contribution in [0.1, 0.15) is 20.3 Å². The van der Waals surface area contributed by atoms with Crippen molar-refractivity contribution in [2.24, 2.45) is 5.73 Å². The molecule has 106 valence electrons. The smallest absolute Gasteiger partial charge is 0.0368 e. The van der Waals surface area contributed by atoms with Crippen LogP contribution in [0.15, 0.2) is 28.7 Å². The highest BCUT2D eigenvalue weighted by molar-refractivity contribution is 9.10. The zero-order valence-corrected chi connectivity index (χ0v) is 13.7. The fourth-order valence-corrected chi connectivity index (χ4v) is 3.10. The molecule has 1 atom stereocenters. The highest BCUT2D eigenvalue weighted by atomic mass is 79.9. The van der Waals surface area contributed by atoms with Crippen LogP contribution < -0.4 is 10.6 Å². The molecule has 0 aliphatic carbocycles. The number of piperazine rings is 1. The molecule has 2 N–H and O–H groups in total. The lowest BCUT2D eigenvalue weighted by Crippen LogP contribution is -2.62. The standard InChI is InChI=1S/C15H24BrN3/c1-15(2)11-19(10-14(8-9-17)18(15)3)13-6-4-12(16)5-7-13/h4-7,14H,8-11,17H2,1-3H3. The summed E-state index contributed by atoms with van der Waals surface area (Å²) in [6, 6.07) is 9.12. The van der Waals surface area contributed by atoms with E-state index in [2.05, 4.69) is 70.9 Å². The SMILES string of the molecule is CN1C(CCN)CN(c2ccc(Br)cc2)CC1(C)C. The van der Waals surface area contributed by atoms with Gasteiger partial charge in [-0.1, -0.05) is 15.9 Å². The Morgan fingerprint density at radius 3 is 2.53 bits per heavy atom. The van der Waals surface area contributed by atoms with Gasteiger partial charge in [0.15, 0.2) is 0 Å². The van der Waals surface area contributed by atoms with Gasteiger partial charge in [0, 0.05) is 34.8 Å². The van der Waals surface area contributed by atoms with Gasteiger partial charge < -0.3 is 10.6 Å². The van der Waals surface area contributed by atoms with Crippen LogP contribution in [0.4, 0.5) is 5.69 Å². The summed E-state index contributed by atoms with van der Waals surface area (Å²) in [6.07, 6.45) is 1.05. The molecule has 3 nitrogen and oxygen atoms in total. The number of anilines is 1. The van der Waals surface area contributed by atoms with E-state index in [1.807, 2.05) is 0 Å². The molecule has 0 saturated carbocycles. The van der Waals surface area contributed by atoms with Crippen LogP contribution in [0.2, 0.25) is 0 Å². The Balaban J connectivity index is 2.20. The van der Waals surface area contributed by atoms with E-state index in [1.165, 1.54) is 5.69 Å². The molecule has 2 rings (SSSR count). The lowest BCUT2D eigenvalue weighted by molar-refractivity contribution is 0.0770. The van der Waals surface area contributed by atoms with Crippen molar-refractivity contribution >= 4 is 21.6 Å². The van der Waals surface area contributed by atoms with Gasteiger partial charge in [0.25, 0.3) is 0 Å². The van der Waals surface area contributed by atoms with E-state index in [0.29, 0.717) is 6.04 Å². The average molecular weight is 326 g/mol. The molecule has 0 radical (unpaired) electrons. The van der Waals surface area contributed by atoms with Crippen LogP contribution in [0.25, 0.3) is 0 Å². The molecular formula is C15H24BrN3. The monoisotopic (exact) mass is 325 g/mol. The van der Waals surface area contributed by atoms with E-state index in [-0.39, 0.29) is 5.54 Å². The first-order chi connectivity index (χ1) is 8.94. The van der Waals surface area contributed by atoms with E-state index < -0.39 is 0 Å². The third-order valence-corrected chi connectivity index (χ3v) is 4.73. The number of hydrogen-bond acceptors (Lipinski definition) is 3. The fourth-order valence-electron chi connectivity index (χ4n) is 2.84. The Hall–Kier alpha value is -0.580. The van der Waals surface area contributed by atoms with E-state index in [9.17, 15) is 0 Å². The molecule has 0 aromatic heterocycles. The van der Waals surface area contributed by atoms with E-state index in [4.69, 9.17) is 5.73 Å². The van der Waals surface area contributed by atoms with Crippen LogP contribution in [0.5, 0.6) is 0 Å². The quantitative estimate of drug-likeness (QED) is 0.927. The van der Waals surface area contributed by atoms with Crippen LogP contribution in [-0.2, 0) is 0 Å². The molecule has 0 bridgehead atoms. The van der Waals surface area contributed by atoms with Crippen molar-refractivity contribution in [2.45, 2.75) is 31.8 Å². The Bertz CT molecular complexity index is 416. The van der Waals surface area contributed by atoms with Crippen LogP contribution >= 0.6 is 15.9 Å². The molecular weight excluding hydrogens is 302 g/mol. The maximum atomic E-state index is 5.76. The highest BCUT2D eigenvalue weighted by Gasteiger charge is 2.36. The van der Waals surface area contributed by atoms with Crippen LogP contribution in [0, 0.1) is 0 Å². The zero-order valence-electron chi connectivity index (χ0n) is 12.1. The molecule has 1 aliphatic rings. The first-order valence-electron chi connectivity index (χ1n) is 6.87. The average Bonchev–Trinajstić information content (AvgIpc) is 2.36. The molecule has 1 aromatic rings. The van der Waals surface area contributed by atoms with E-state index in [0.717, 1.165) is 30.5 Å². The second-order valence-corrected chi connectivity index (χ2v) is 6.93. The van der Waals surface area contributed by atoms with Gasteiger partial charge in [0.05, 0.1) is 0 Å². The number of likely N-dealkylation sites (N-methyl/N-ethyl adjacent to an activating group) is 1. The minimum atomic E-state index is 0.172. The topological polar surface area (TPSA) is 32.5 Å². The van der Waals surface area contributed by atoms with Crippen molar-refractivity contribution in [3.63, 3.8) is 0 Å².